The van der Waals surface area contributed by atoms with Crippen LogP contribution in [0.3, 0.4) is 0 Å². The first-order valence-electron chi connectivity index (χ1n) is 11.4. The number of Topliss-reactive ketones (excluding diaryl/α,β-unsaturated/α-hetero) is 1. The van der Waals surface area contributed by atoms with Gasteiger partial charge in [-0.2, -0.15) is 0 Å². The molecule has 0 bridgehead atoms. The van der Waals surface area contributed by atoms with Crippen LogP contribution in [0.2, 0.25) is 0 Å². The highest BCUT2D eigenvalue weighted by Crippen LogP contribution is 2.35. The Morgan fingerprint density at radius 1 is 0.765 bits per heavy atom. The topological polar surface area (TPSA) is 65.0 Å². The van der Waals surface area contributed by atoms with Crippen molar-refractivity contribution in [1.29, 1.82) is 0 Å². The fourth-order valence-corrected chi connectivity index (χ4v) is 4.18. The second kappa shape index (κ2) is 11.4. The Hall–Kier alpha value is -3.09. The normalized spacial score (nSPS) is 24.6. The molecule has 5 nitrogen and oxygen atoms in total. The fourth-order valence-electron chi connectivity index (χ4n) is 4.18. The third-order valence-electron chi connectivity index (χ3n) is 6.05. The molecule has 34 heavy (non-hydrogen) atoms. The average Bonchev–Trinajstić information content (AvgIpc) is 2.88. The van der Waals surface area contributed by atoms with Gasteiger partial charge < -0.3 is 19.3 Å². The predicted molar refractivity (Wildman–Crippen MR) is 130 cm³/mol. The van der Waals surface area contributed by atoms with Crippen LogP contribution in [0.5, 0.6) is 0 Å². The standard InChI is InChI=1S/C29H30O5/c1-2-29(31)18-25(30)26(32-19-22-12-6-3-7-13-22)27(33-20-23-14-8-4-9-15-23)28(29)34-21-24-16-10-5-11-17-24/h2-17,26-28,31H,1,18-21H2/t26-,27+,28-,29+/m0/s1. The summed E-state index contributed by atoms with van der Waals surface area (Å²) in [6.07, 6.45) is -1.32. The Bertz CT molecular complexity index is 1050. The van der Waals surface area contributed by atoms with E-state index in [0.29, 0.717) is 0 Å². The van der Waals surface area contributed by atoms with Gasteiger partial charge in [-0.1, -0.05) is 97.1 Å². The van der Waals surface area contributed by atoms with Crippen molar-refractivity contribution >= 4 is 5.78 Å². The number of aliphatic hydroxyl groups is 1. The summed E-state index contributed by atoms with van der Waals surface area (Å²) >= 11 is 0. The predicted octanol–water partition coefficient (Wildman–Crippen LogP) is 4.63. The lowest BCUT2D eigenvalue weighted by Gasteiger charge is -2.45. The molecular formula is C29H30O5. The SMILES string of the molecule is C=C[C@@]1(O)CC(=O)[C@H](OCc2ccccc2)[C@@H](OCc2ccccc2)[C@@H]1OCc1ccccc1. The van der Waals surface area contributed by atoms with Gasteiger partial charge in [0.15, 0.2) is 5.78 Å². The lowest BCUT2D eigenvalue weighted by Crippen LogP contribution is -2.62. The van der Waals surface area contributed by atoms with Crippen LogP contribution in [-0.4, -0.2) is 34.8 Å². The van der Waals surface area contributed by atoms with Crippen LogP contribution in [0.15, 0.2) is 104 Å². The van der Waals surface area contributed by atoms with E-state index in [9.17, 15) is 9.90 Å². The summed E-state index contributed by atoms with van der Waals surface area (Å²) in [5, 5.41) is 11.4. The van der Waals surface area contributed by atoms with Crippen molar-refractivity contribution in [3.05, 3.63) is 120 Å². The second-order valence-electron chi connectivity index (χ2n) is 8.53. The third-order valence-corrected chi connectivity index (χ3v) is 6.05. The summed E-state index contributed by atoms with van der Waals surface area (Å²) in [6, 6.07) is 29.0. The van der Waals surface area contributed by atoms with Crippen molar-refractivity contribution in [3.63, 3.8) is 0 Å². The Balaban J connectivity index is 1.59. The van der Waals surface area contributed by atoms with Gasteiger partial charge in [-0.25, -0.2) is 0 Å². The molecule has 0 radical (unpaired) electrons. The maximum Gasteiger partial charge on any atom is 0.167 e. The lowest BCUT2D eigenvalue weighted by atomic mass is 9.77. The van der Waals surface area contributed by atoms with Gasteiger partial charge in [-0.05, 0) is 16.7 Å². The van der Waals surface area contributed by atoms with E-state index in [1.165, 1.54) is 6.08 Å². The molecule has 1 N–H and O–H groups in total. The molecular weight excluding hydrogens is 428 g/mol. The summed E-state index contributed by atoms with van der Waals surface area (Å²) in [7, 11) is 0. The van der Waals surface area contributed by atoms with Crippen molar-refractivity contribution in [2.75, 3.05) is 0 Å². The minimum Gasteiger partial charge on any atom is -0.382 e. The van der Waals surface area contributed by atoms with Crippen LogP contribution in [0.25, 0.3) is 0 Å². The van der Waals surface area contributed by atoms with Crippen LogP contribution in [0.1, 0.15) is 23.1 Å². The van der Waals surface area contributed by atoms with E-state index in [1.807, 2.05) is 91.0 Å². The summed E-state index contributed by atoms with van der Waals surface area (Å²) in [6.45, 7) is 4.55. The minimum absolute atomic E-state index is 0.152. The lowest BCUT2D eigenvalue weighted by molar-refractivity contribution is -0.217. The van der Waals surface area contributed by atoms with E-state index in [1.54, 1.807) is 0 Å². The Kier molecular flexibility index (Phi) is 8.03. The number of carbonyl (C=O) groups is 1. The zero-order chi connectivity index (χ0) is 23.8. The largest absolute Gasteiger partial charge is 0.382 e. The molecule has 3 aromatic rings. The van der Waals surface area contributed by atoms with Gasteiger partial charge in [0.2, 0.25) is 0 Å². The Morgan fingerprint density at radius 2 is 1.21 bits per heavy atom. The first-order valence-corrected chi connectivity index (χ1v) is 11.4. The number of hydrogen-bond donors (Lipinski definition) is 1. The van der Waals surface area contributed by atoms with Crippen molar-refractivity contribution < 1.29 is 24.1 Å². The number of rotatable bonds is 10. The fraction of sp³-hybridized carbons (Fsp3) is 0.276. The molecule has 0 spiro atoms. The third kappa shape index (κ3) is 5.88. The molecule has 0 amide bonds. The van der Waals surface area contributed by atoms with Gasteiger partial charge in [0, 0.05) is 6.42 Å². The van der Waals surface area contributed by atoms with Crippen molar-refractivity contribution in [3.8, 4) is 0 Å². The van der Waals surface area contributed by atoms with E-state index >= 15 is 0 Å². The zero-order valence-electron chi connectivity index (χ0n) is 19.1. The molecule has 176 valence electrons. The molecule has 4 atom stereocenters. The maximum absolute atomic E-state index is 13.2. The molecule has 1 aliphatic carbocycles. The van der Waals surface area contributed by atoms with Crippen LogP contribution < -0.4 is 0 Å². The highest BCUT2D eigenvalue weighted by Gasteiger charge is 2.53. The first-order chi connectivity index (χ1) is 16.6. The smallest absolute Gasteiger partial charge is 0.167 e. The molecule has 0 heterocycles. The summed E-state index contributed by atoms with van der Waals surface area (Å²) in [5.74, 6) is -0.240. The van der Waals surface area contributed by atoms with Crippen LogP contribution in [0.4, 0.5) is 0 Å². The number of ether oxygens (including phenoxy) is 3. The molecule has 0 unspecified atom stereocenters. The molecule has 1 fully saturated rings. The number of benzene rings is 3. The summed E-state index contributed by atoms with van der Waals surface area (Å²) < 4.78 is 18.6. The van der Waals surface area contributed by atoms with Crippen LogP contribution >= 0.6 is 0 Å². The van der Waals surface area contributed by atoms with Gasteiger partial charge in [0.1, 0.15) is 23.9 Å². The van der Waals surface area contributed by atoms with Crippen LogP contribution in [0, 0.1) is 0 Å². The van der Waals surface area contributed by atoms with E-state index < -0.39 is 23.9 Å². The molecule has 0 aliphatic heterocycles. The van der Waals surface area contributed by atoms with Gasteiger partial charge in [-0.15, -0.1) is 6.58 Å². The van der Waals surface area contributed by atoms with Gasteiger partial charge in [0.05, 0.1) is 19.8 Å². The van der Waals surface area contributed by atoms with E-state index in [0.717, 1.165) is 16.7 Å². The second-order valence-corrected chi connectivity index (χ2v) is 8.53. The number of carbonyl (C=O) groups excluding carboxylic acids is 1. The van der Waals surface area contributed by atoms with Crippen molar-refractivity contribution in [1.82, 2.24) is 0 Å². The first kappa shape index (κ1) is 24.0. The molecule has 0 aromatic heterocycles. The molecule has 1 saturated carbocycles. The quantitative estimate of drug-likeness (QED) is 0.449. The number of hydrogen-bond acceptors (Lipinski definition) is 5. The number of ketones is 1. The molecule has 0 saturated heterocycles. The summed E-state index contributed by atoms with van der Waals surface area (Å²) in [4.78, 5) is 13.2. The van der Waals surface area contributed by atoms with E-state index in [-0.39, 0.29) is 32.0 Å². The molecule has 3 aromatic carbocycles. The highest BCUT2D eigenvalue weighted by molar-refractivity contribution is 5.86. The maximum atomic E-state index is 13.2. The minimum atomic E-state index is -1.57. The highest BCUT2D eigenvalue weighted by atomic mass is 16.6. The van der Waals surface area contributed by atoms with Crippen molar-refractivity contribution in [2.45, 2.75) is 50.2 Å². The van der Waals surface area contributed by atoms with Gasteiger partial charge in [-0.3, -0.25) is 4.79 Å². The molecule has 1 aliphatic rings. The van der Waals surface area contributed by atoms with E-state index in [2.05, 4.69) is 6.58 Å². The average molecular weight is 459 g/mol. The van der Waals surface area contributed by atoms with Crippen LogP contribution in [-0.2, 0) is 38.8 Å². The molecule has 4 rings (SSSR count). The van der Waals surface area contributed by atoms with Gasteiger partial charge >= 0.3 is 0 Å². The van der Waals surface area contributed by atoms with E-state index in [4.69, 9.17) is 14.2 Å². The van der Waals surface area contributed by atoms with Crippen molar-refractivity contribution in [2.24, 2.45) is 0 Å². The monoisotopic (exact) mass is 458 g/mol. The Morgan fingerprint density at radius 3 is 1.68 bits per heavy atom. The Labute approximate surface area is 200 Å². The summed E-state index contributed by atoms with van der Waals surface area (Å²) in [5.41, 5.74) is 1.28. The van der Waals surface area contributed by atoms with Gasteiger partial charge in [0.25, 0.3) is 0 Å². The zero-order valence-corrected chi connectivity index (χ0v) is 19.1. The molecule has 5 heteroatoms.